The summed E-state index contributed by atoms with van der Waals surface area (Å²) in [5.74, 6) is 0.231. The van der Waals surface area contributed by atoms with Gasteiger partial charge in [0.2, 0.25) is 0 Å². The smallest absolute Gasteiger partial charge is 0.309 e. The van der Waals surface area contributed by atoms with Crippen LogP contribution >= 0.6 is 0 Å². The molecule has 1 rings (SSSR count). The van der Waals surface area contributed by atoms with Crippen molar-refractivity contribution < 1.29 is 14.6 Å². The average Bonchev–Trinajstić information content (AvgIpc) is 2.17. The Hall–Kier alpha value is -0.570. The highest BCUT2D eigenvalue weighted by Crippen LogP contribution is 2.29. The summed E-state index contributed by atoms with van der Waals surface area (Å²) in [4.78, 5) is 11.6. The van der Waals surface area contributed by atoms with Crippen molar-refractivity contribution in [2.24, 2.45) is 11.8 Å². The molecule has 0 aliphatic heterocycles. The maximum Gasteiger partial charge on any atom is 0.309 e. The van der Waals surface area contributed by atoms with Gasteiger partial charge in [-0.1, -0.05) is 6.42 Å². The summed E-state index contributed by atoms with van der Waals surface area (Å²) < 4.78 is 5.16. The zero-order chi connectivity index (χ0) is 10.6. The molecule has 0 amide bonds. The standard InChI is InChI=1S/C11H20O3/c1-8(2)14-11(13)10-5-3-4-9(6-10)7-12/h8-10,12H,3-7H2,1-2H3/t9-,10?/m0/s1. The minimum Gasteiger partial charge on any atom is -0.463 e. The summed E-state index contributed by atoms with van der Waals surface area (Å²) in [5, 5.41) is 9.02. The second kappa shape index (κ2) is 5.35. The van der Waals surface area contributed by atoms with Crippen molar-refractivity contribution in [2.75, 3.05) is 6.61 Å². The summed E-state index contributed by atoms with van der Waals surface area (Å²) >= 11 is 0. The van der Waals surface area contributed by atoms with Gasteiger partial charge in [0.05, 0.1) is 12.0 Å². The number of carbonyl (C=O) groups excluding carboxylic acids is 1. The lowest BCUT2D eigenvalue weighted by Gasteiger charge is -2.26. The highest BCUT2D eigenvalue weighted by atomic mass is 16.5. The number of ether oxygens (including phenoxy) is 1. The molecular formula is C11H20O3. The van der Waals surface area contributed by atoms with E-state index in [1.165, 1.54) is 0 Å². The van der Waals surface area contributed by atoms with Gasteiger partial charge in [0.15, 0.2) is 0 Å². The van der Waals surface area contributed by atoms with Gasteiger partial charge in [-0.25, -0.2) is 0 Å². The van der Waals surface area contributed by atoms with E-state index in [1.54, 1.807) is 0 Å². The molecule has 0 aromatic rings. The van der Waals surface area contributed by atoms with E-state index in [9.17, 15) is 4.79 Å². The fourth-order valence-electron chi connectivity index (χ4n) is 2.00. The van der Waals surface area contributed by atoms with Gasteiger partial charge in [0.1, 0.15) is 0 Å². The molecule has 1 fully saturated rings. The van der Waals surface area contributed by atoms with Crippen molar-refractivity contribution in [1.29, 1.82) is 0 Å². The minimum atomic E-state index is -0.0850. The van der Waals surface area contributed by atoms with Crippen LogP contribution in [0.5, 0.6) is 0 Å². The van der Waals surface area contributed by atoms with Crippen molar-refractivity contribution in [3.63, 3.8) is 0 Å². The van der Waals surface area contributed by atoms with Gasteiger partial charge in [-0.15, -0.1) is 0 Å². The summed E-state index contributed by atoms with van der Waals surface area (Å²) in [6, 6.07) is 0. The molecule has 0 radical (unpaired) electrons. The number of hydrogen-bond acceptors (Lipinski definition) is 3. The van der Waals surface area contributed by atoms with E-state index in [4.69, 9.17) is 9.84 Å². The summed E-state index contributed by atoms with van der Waals surface area (Å²) in [6.07, 6.45) is 3.76. The van der Waals surface area contributed by atoms with Gasteiger partial charge in [0.25, 0.3) is 0 Å². The fourth-order valence-corrected chi connectivity index (χ4v) is 2.00. The zero-order valence-electron chi connectivity index (χ0n) is 9.03. The van der Waals surface area contributed by atoms with E-state index < -0.39 is 0 Å². The SMILES string of the molecule is CC(C)OC(=O)C1CCC[C@H](CO)C1. The van der Waals surface area contributed by atoms with Crippen molar-refractivity contribution in [3.8, 4) is 0 Å². The lowest BCUT2D eigenvalue weighted by Crippen LogP contribution is -2.27. The van der Waals surface area contributed by atoms with Crippen LogP contribution in [0.2, 0.25) is 0 Å². The molecule has 1 saturated carbocycles. The Morgan fingerprint density at radius 3 is 2.79 bits per heavy atom. The third-order valence-corrected chi connectivity index (χ3v) is 2.73. The summed E-state index contributed by atoms with van der Waals surface area (Å²) in [5.41, 5.74) is 0. The molecule has 1 N–H and O–H groups in total. The van der Waals surface area contributed by atoms with Gasteiger partial charge in [-0.2, -0.15) is 0 Å². The van der Waals surface area contributed by atoms with E-state index in [0.29, 0.717) is 5.92 Å². The Balaban J connectivity index is 2.39. The highest BCUT2D eigenvalue weighted by molar-refractivity contribution is 5.72. The quantitative estimate of drug-likeness (QED) is 0.706. The number of carbonyl (C=O) groups is 1. The van der Waals surface area contributed by atoms with Crippen LogP contribution in [0.4, 0.5) is 0 Å². The zero-order valence-corrected chi connectivity index (χ0v) is 9.03. The van der Waals surface area contributed by atoms with Crippen LogP contribution in [-0.4, -0.2) is 23.8 Å². The predicted molar refractivity (Wildman–Crippen MR) is 53.8 cm³/mol. The molecule has 1 aliphatic carbocycles. The first-order chi connectivity index (χ1) is 6.63. The normalized spacial score (nSPS) is 27.7. The van der Waals surface area contributed by atoms with Crippen LogP contribution in [0.15, 0.2) is 0 Å². The molecule has 0 aromatic carbocycles. The highest BCUT2D eigenvalue weighted by Gasteiger charge is 2.28. The lowest BCUT2D eigenvalue weighted by atomic mass is 9.82. The van der Waals surface area contributed by atoms with E-state index in [0.717, 1.165) is 25.7 Å². The minimum absolute atomic E-state index is 0.0169. The molecule has 1 unspecified atom stereocenters. The van der Waals surface area contributed by atoms with Crippen molar-refractivity contribution in [3.05, 3.63) is 0 Å². The van der Waals surface area contributed by atoms with Gasteiger partial charge in [-0.05, 0) is 39.0 Å². The van der Waals surface area contributed by atoms with Gasteiger partial charge in [-0.3, -0.25) is 4.79 Å². The monoisotopic (exact) mass is 200 g/mol. The number of hydrogen-bond donors (Lipinski definition) is 1. The Bertz CT molecular complexity index is 189. The molecule has 82 valence electrons. The number of esters is 1. The second-order valence-corrected chi connectivity index (χ2v) is 4.40. The fraction of sp³-hybridized carbons (Fsp3) is 0.909. The van der Waals surface area contributed by atoms with Crippen LogP contribution in [0.25, 0.3) is 0 Å². The predicted octanol–water partition coefficient (Wildman–Crippen LogP) is 1.74. The summed E-state index contributed by atoms with van der Waals surface area (Å²) in [7, 11) is 0. The van der Waals surface area contributed by atoms with Crippen LogP contribution in [-0.2, 0) is 9.53 Å². The molecule has 0 bridgehead atoms. The molecule has 3 heteroatoms. The molecule has 0 aromatic heterocycles. The maximum atomic E-state index is 11.6. The van der Waals surface area contributed by atoms with Crippen LogP contribution < -0.4 is 0 Å². The Kier molecular flexibility index (Phi) is 4.39. The number of aliphatic hydroxyl groups is 1. The topological polar surface area (TPSA) is 46.5 Å². The molecule has 3 nitrogen and oxygen atoms in total. The van der Waals surface area contributed by atoms with Crippen LogP contribution in [0, 0.1) is 11.8 Å². The third-order valence-electron chi connectivity index (χ3n) is 2.73. The van der Waals surface area contributed by atoms with Gasteiger partial charge < -0.3 is 9.84 Å². The van der Waals surface area contributed by atoms with E-state index in [-0.39, 0.29) is 24.6 Å². The molecular weight excluding hydrogens is 180 g/mol. The van der Waals surface area contributed by atoms with Gasteiger partial charge >= 0.3 is 5.97 Å². The maximum absolute atomic E-state index is 11.6. The largest absolute Gasteiger partial charge is 0.463 e. The van der Waals surface area contributed by atoms with Crippen molar-refractivity contribution in [2.45, 2.75) is 45.6 Å². The van der Waals surface area contributed by atoms with Crippen molar-refractivity contribution >= 4 is 5.97 Å². The molecule has 1 aliphatic rings. The first-order valence-electron chi connectivity index (χ1n) is 5.44. The average molecular weight is 200 g/mol. The first kappa shape index (κ1) is 11.5. The second-order valence-electron chi connectivity index (χ2n) is 4.40. The Morgan fingerprint density at radius 2 is 2.21 bits per heavy atom. The first-order valence-corrected chi connectivity index (χ1v) is 5.44. The Labute approximate surface area is 85.5 Å². The Morgan fingerprint density at radius 1 is 1.50 bits per heavy atom. The van der Waals surface area contributed by atoms with E-state index in [1.807, 2.05) is 13.8 Å². The van der Waals surface area contributed by atoms with Gasteiger partial charge in [0, 0.05) is 6.61 Å². The molecule has 2 atom stereocenters. The molecule has 0 heterocycles. The van der Waals surface area contributed by atoms with Crippen LogP contribution in [0.1, 0.15) is 39.5 Å². The van der Waals surface area contributed by atoms with E-state index >= 15 is 0 Å². The van der Waals surface area contributed by atoms with Crippen molar-refractivity contribution in [1.82, 2.24) is 0 Å². The molecule has 14 heavy (non-hydrogen) atoms. The number of rotatable bonds is 3. The van der Waals surface area contributed by atoms with E-state index in [2.05, 4.69) is 0 Å². The van der Waals surface area contributed by atoms with Crippen LogP contribution in [0.3, 0.4) is 0 Å². The number of aliphatic hydroxyl groups excluding tert-OH is 1. The molecule has 0 saturated heterocycles. The lowest BCUT2D eigenvalue weighted by molar-refractivity contribution is -0.154. The molecule has 0 spiro atoms. The third kappa shape index (κ3) is 3.29. The summed E-state index contributed by atoms with van der Waals surface area (Å²) in [6.45, 7) is 3.93.